The molecule has 0 radical (unpaired) electrons. The molecule has 4 heteroatoms. The van der Waals surface area contributed by atoms with Gasteiger partial charge >= 0.3 is 0 Å². The molecule has 2 heterocycles. The molecule has 2 atom stereocenters. The Morgan fingerprint density at radius 2 is 2.31 bits per heavy atom. The molecule has 2 N–H and O–H groups in total. The maximum atomic E-state index is 11.7. The van der Waals surface area contributed by atoms with Gasteiger partial charge in [-0.2, -0.15) is 0 Å². The van der Waals surface area contributed by atoms with E-state index in [1.54, 1.807) is 0 Å². The number of amides is 1. The van der Waals surface area contributed by atoms with Crippen molar-refractivity contribution in [3.05, 3.63) is 0 Å². The molecule has 0 saturated carbocycles. The van der Waals surface area contributed by atoms with Crippen molar-refractivity contribution >= 4 is 5.91 Å². The number of ether oxygens (including phenoxy) is 1. The highest BCUT2D eigenvalue weighted by Crippen LogP contribution is 2.14. The molecule has 16 heavy (non-hydrogen) atoms. The molecule has 2 aliphatic heterocycles. The van der Waals surface area contributed by atoms with Gasteiger partial charge in [-0.05, 0) is 44.2 Å². The Hall–Kier alpha value is -0.610. The van der Waals surface area contributed by atoms with Crippen molar-refractivity contribution in [1.29, 1.82) is 0 Å². The molecule has 92 valence electrons. The van der Waals surface area contributed by atoms with Crippen LogP contribution >= 0.6 is 0 Å². The fourth-order valence-corrected chi connectivity index (χ4v) is 2.45. The van der Waals surface area contributed by atoms with Crippen LogP contribution in [0.25, 0.3) is 0 Å². The van der Waals surface area contributed by atoms with Crippen LogP contribution in [0.15, 0.2) is 0 Å². The number of hydrogen-bond acceptors (Lipinski definition) is 3. The fraction of sp³-hybridized carbons (Fsp3) is 0.917. The quantitative estimate of drug-likeness (QED) is 0.735. The van der Waals surface area contributed by atoms with Crippen LogP contribution in [-0.4, -0.2) is 38.8 Å². The van der Waals surface area contributed by atoms with Crippen LogP contribution in [0.2, 0.25) is 0 Å². The fourth-order valence-electron chi connectivity index (χ4n) is 2.45. The molecule has 1 amide bonds. The van der Waals surface area contributed by atoms with Gasteiger partial charge in [0.2, 0.25) is 5.91 Å². The maximum Gasteiger partial charge on any atom is 0.220 e. The van der Waals surface area contributed by atoms with Crippen molar-refractivity contribution < 1.29 is 9.53 Å². The van der Waals surface area contributed by atoms with Crippen LogP contribution in [0.5, 0.6) is 0 Å². The Balaban J connectivity index is 1.59. The van der Waals surface area contributed by atoms with Crippen LogP contribution in [0, 0.1) is 11.8 Å². The van der Waals surface area contributed by atoms with Crippen molar-refractivity contribution in [1.82, 2.24) is 10.6 Å². The zero-order valence-electron chi connectivity index (χ0n) is 9.84. The second kappa shape index (κ2) is 6.21. The summed E-state index contributed by atoms with van der Waals surface area (Å²) in [5.41, 5.74) is 0. The number of nitrogens with one attached hydrogen (secondary N) is 2. The lowest BCUT2D eigenvalue weighted by molar-refractivity contribution is -0.122. The van der Waals surface area contributed by atoms with Gasteiger partial charge < -0.3 is 15.4 Å². The second-order valence-corrected chi connectivity index (χ2v) is 4.95. The van der Waals surface area contributed by atoms with E-state index in [0.29, 0.717) is 18.3 Å². The molecule has 0 aromatic carbocycles. The zero-order chi connectivity index (χ0) is 11.2. The summed E-state index contributed by atoms with van der Waals surface area (Å²) in [6.07, 6.45) is 4.14. The van der Waals surface area contributed by atoms with Crippen LogP contribution < -0.4 is 10.6 Å². The SMILES string of the molecule is O=C(CC1CCNC1)NCC1CCCOC1. The van der Waals surface area contributed by atoms with Gasteiger partial charge in [-0.15, -0.1) is 0 Å². The number of carbonyl (C=O) groups excluding carboxylic acids is 1. The highest BCUT2D eigenvalue weighted by molar-refractivity contribution is 5.76. The summed E-state index contributed by atoms with van der Waals surface area (Å²) < 4.78 is 5.39. The molecule has 0 aromatic heterocycles. The molecular weight excluding hydrogens is 204 g/mol. The third-order valence-corrected chi connectivity index (χ3v) is 3.48. The van der Waals surface area contributed by atoms with E-state index in [1.807, 2.05) is 0 Å². The van der Waals surface area contributed by atoms with E-state index in [4.69, 9.17) is 4.74 Å². The van der Waals surface area contributed by atoms with Crippen molar-refractivity contribution in [3.63, 3.8) is 0 Å². The van der Waals surface area contributed by atoms with Crippen LogP contribution in [0.3, 0.4) is 0 Å². The molecule has 0 aromatic rings. The average Bonchev–Trinajstić information content (AvgIpc) is 2.81. The lowest BCUT2D eigenvalue weighted by atomic mass is 10.0. The van der Waals surface area contributed by atoms with E-state index in [-0.39, 0.29) is 5.91 Å². The standard InChI is InChI=1S/C12H22N2O2/c15-12(6-10-3-4-13-7-10)14-8-11-2-1-5-16-9-11/h10-11,13H,1-9H2,(H,14,15). The summed E-state index contributed by atoms with van der Waals surface area (Å²) in [5, 5.41) is 6.32. The first kappa shape index (κ1) is 11.9. The van der Waals surface area contributed by atoms with Gasteiger partial charge in [-0.25, -0.2) is 0 Å². The molecule has 2 unspecified atom stereocenters. The minimum absolute atomic E-state index is 0.208. The van der Waals surface area contributed by atoms with Gasteiger partial charge in [0.1, 0.15) is 0 Å². The topological polar surface area (TPSA) is 50.4 Å². The number of carbonyl (C=O) groups is 1. The largest absolute Gasteiger partial charge is 0.381 e. The van der Waals surface area contributed by atoms with E-state index in [9.17, 15) is 4.79 Å². The molecule has 0 spiro atoms. The minimum Gasteiger partial charge on any atom is -0.381 e. The lowest BCUT2D eigenvalue weighted by Gasteiger charge is -2.22. The number of rotatable bonds is 4. The molecule has 2 aliphatic rings. The Morgan fingerprint density at radius 3 is 3.00 bits per heavy atom. The normalized spacial score (nSPS) is 30.2. The lowest BCUT2D eigenvalue weighted by Crippen LogP contribution is -2.34. The van der Waals surface area contributed by atoms with E-state index in [0.717, 1.165) is 45.7 Å². The highest BCUT2D eigenvalue weighted by atomic mass is 16.5. The van der Waals surface area contributed by atoms with Gasteiger partial charge in [0, 0.05) is 19.6 Å². The summed E-state index contributed by atoms with van der Waals surface area (Å²) in [5.74, 6) is 1.28. The minimum atomic E-state index is 0.208. The highest BCUT2D eigenvalue weighted by Gasteiger charge is 2.19. The Kier molecular flexibility index (Phi) is 4.60. The average molecular weight is 226 g/mol. The van der Waals surface area contributed by atoms with Crippen molar-refractivity contribution in [2.24, 2.45) is 11.8 Å². The van der Waals surface area contributed by atoms with E-state index in [2.05, 4.69) is 10.6 Å². The van der Waals surface area contributed by atoms with Gasteiger partial charge in [-0.1, -0.05) is 0 Å². The monoisotopic (exact) mass is 226 g/mol. The smallest absolute Gasteiger partial charge is 0.220 e. The van der Waals surface area contributed by atoms with Gasteiger partial charge in [0.25, 0.3) is 0 Å². The molecule has 4 nitrogen and oxygen atoms in total. The third kappa shape index (κ3) is 3.76. The summed E-state index contributed by atoms with van der Waals surface area (Å²) in [7, 11) is 0. The van der Waals surface area contributed by atoms with E-state index >= 15 is 0 Å². The Labute approximate surface area is 97.1 Å². The predicted molar refractivity (Wildman–Crippen MR) is 62.1 cm³/mol. The maximum absolute atomic E-state index is 11.7. The van der Waals surface area contributed by atoms with Gasteiger partial charge in [0.15, 0.2) is 0 Å². The Bertz CT molecular complexity index is 221. The molecule has 2 fully saturated rings. The van der Waals surface area contributed by atoms with Crippen molar-refractivity contribution in [3.8, 4) is 0 Å². The third-order valence-electron chi connectivity index (χ3n) is 3.48. The summed E-state index contributed by atoms with van der Waals surface area (Å²) in [4.78, 5) is 11.7. The molecule has 0 aliphatic carbocycles. The Morgan fingerprint density at radius 1 is 1.38 bits per heavy atom. The van der Waals surface area contributed by atoms with Gasteiger partial charge in [0.05, 0.1) is 6.61 Å². The summed E-state index contributed by atoms with van der Waals surface area (Å²) >= 11 is 0. The summed E-state index contributed by atoms with van der Waals surface area (Å²) in [6.45, 7) is 4.55. The molecule has 0 bridgehead atoms. The summed E-state index contributed by atoms with van der Waals surface area (Å²) in [6, 6.07) is 0. The van der Waals surface area contributed by atoms with E-state index < -0.39 is 0 Å². The van der Waals surface area contributed by atoms with E-state index in [1.165, 1.54) is 6.42 Å². The second-order valence-electron chi connectivity index (χ2n) is 4.95. The molecule has 2 saturated heterocycles. The first-order chi connectivity index (χ1) is 7.84. The van der Waals surface area contributed by atoms with Crippen molar-refractivity contribution in [2.45, 2.75) is 25.7 Å². The molecule has 2 rings (SSSR count). The molecular formula is C12H22N2O2. The van der Waals surface area contributed by atoms with Crippen LogP contribution in [0.1, 0.15) is 25.7 Å². The zero-order valence-corrected chi connectivity index (χ0v) is 9.84. The predicted octanol–water partition coefficient (Wildman–Crippen LogP) is 0.529. The number of hydrogen-bond donors (Lipinski definition) is 2. The van der Waals surface area contributed by atoms with Crippen molar-refractivity contribution in [2.75, 3.05) is 32.8 Å². The van der Waals surface area contributed by atoms with Crippen LogP contribution in [0.4, 0.5) is 0 Å². The first-order valence-corrected chi connectivity index (χ1v) is 6.40. The first-order valence-electron chi connectivity index (χ1n) is 6.40. The van der Waals surface area contributed by atoms with Gasteiger partial charge in [-0.3, -0.25) is 4.79 Å². The van der Waals surface area contributed by atoms with Crippen LogP contribution in [-0.2, 0) is 9.53 Å².